The number of hydrogen-bond donors (Lipinski definition) is 3. The van der Waals surface area contributed by atoms with Gasteiger partial charge in [0.1, 0.15) is 19.4 Å². The largest absolute Gasteiger partial charge is 0.391 e. The number of alkyl halides is 3. The topological polar surface area (TPSA) is 96.9 Å². The summed E-state index contributed by atoms with van der Waals surface area (Å²) in [5, 5.41) is 16.7. The Morgan fingerprint density at radius 3 is 2.09 bits per heavy atom. The summed E-state index contributed by atoms with van der Waals surface area (Å²) in [6.07, 6.45) is 5.72. The predicted octanol–water partition coefficient (Wildman–Crippen LogP) is 3.12. The minimum Gasteiger partial charge on any atom is -0.391 e. The third-order valence-corrected chi connectivity index (χ3v) is 9.19. The first-order valence-corrected chi connectivity index (χ1v) is 13.5. The lowest BCUT2D eigenvalue weighted by atomic mass is 9.60. The zero-order chi connectivity index (χ0) is 24.3. The first-order valence-electron chi connectivity index (χ1n) is 12.6. The first kappa shape index (κ1) is 26.4. The third kappa shape index (κ3) is 6.36. The van der Waals surface area contributed by atoms with E-state index >= 15 is 0 Å². The van der Waals surface area contributed by atoms with Gasteiger partial charge in [-0.25, -0.2) is 4.39 Å². The standard InChI is InChI=1S/C24H37Cl2FN2O5/c25-15-1-3-16(4-2-15)33-14-22(32)29-24-9-7-23(8-10-24,12-20(24)30)28-21(31)13-34-17-5-6-18(26)19(27)11-17/h15-20,30H,1-14H2,(H,28,31)(H,29,32)/t15?,16?,17?,18?,19?,20-,23?,24?/m0/s1. The van der Waals surface area contributed by atoms with Gasteiger partial charge in [0.25, 0.3) is 0 Å². The number of ether oxygens (including phenoxy) is 2. The number of carbonyl (C=O) groups is 2. The van der Waals surface area contributed by atoms with Gasteiger partial charge in [-0.1, -0.05) is 0 Å². The number of hydrogen-bond acceptors (Lipinski definition) is 5. The Bertz CT molecular complexity index is 728. The van der Waals surface area contributed by atoms with Crippen molar-refractivity contribution in [1.29, 1.82) is 0 Å². The van der Waals surface area contributed by atoms with Crippen LogP contribution in [0, 0.1) is 0 Å². The molecular weight excluding hydrogens is 486 g/mol. The van der Waals surface area contributed by atoms with Gasteiger partial charge in [0, 0.05) is 17.3 Å². The zero-order valence-corrected chi connectivity index (χ0v) is 21.1. The van der Waals surface area contributed by atoms with E-state index in [0.717, 1.165) is 25.7 Å². The number of rotatable bonds is 8. The lowest BCUT2D eigenvalue weighted by Crippen LogP contribution is -2.70. The number of fused-ring (bicyclic) bond motifs is 3. The maximum atomic E-state index is 13.8. The molecule has 3 unspecified atom stereocenters. The van der Waals surface area contributed by atoms with E-state index in [1.54, 1.807) is 0 Å². The van der Waals surface area contributed by atoms with Crippen LogP contribution in [0.2, 0.25) is 0 Å². The molecule has 5 aliphatic rings. The first-order chi connectivity index (χ1) is 16.2. The SMILES string of the molecule is O=C(COC1CCC(Cl)C(F)C1)NC12CCC(NC(=O)COC3CCC(Cl)CC3)(CC1)[C@@H](O)C2. The molecule has 0 aliphatic heterocycles. The Kier molecular flexibility index (Phi) is 8.66. The summed E-state index contributed by atoms with van der Waals surface area (Å²) in [6.45, 7) is -0.149. The molecule has 10 heteroatoms. The molecule has 2 amide bonds. The molecule has 2 bridgehead atoms. The summed E-state index contributed by atoms with van der Waals surface area (Å²) in [4.78, 5) is 25.2. The van der Waals surface area contributed by atoms with Crippen molar-refractivity contribution < 1.29 is 28.6 Å². The summed E-state index contributed by atoms with van der Waals surface area (Å²) >= 11 is 12.0. The van der Waals surface area contributed by atoms with Gasteiger partial charge in [-0.05, 0) is 70.6 Å². The molecule has 5 aliphatic carbocycles. The summed E-state index contributed by atoms with van der Waals surface area (Å²) in [5.74, 6) is -0.467. The van der Waals surface area contributed by atoms with Gasteiger partial charge < -0.3 is 25.2 Å². The lowest BCUT2D eigenvalue weighted by molar-refractivity contribution is -0.142. The fourth-order valence-corrected chi connectivity index (χ4v) is 6.56. The van der Waals surface area contributed by atoms with E-state index in [4.69, 9.17) is 32.7 Å². The molecule has 5 rings (SSSR count). The molecule has 4 atom stereocenters. The maximum absolute atomic E-state index is 13.8. The van der Waals surface area contributed by atoms with Gasteiger partial charge in [-0.2, -0.15) is 0 Å². The molecular formula is C24H37Cl2FN2O5. The van der Waals surface area contributed by atoms with Crippen LogP contribution in [0.15, 0.2) is 0 Å². The van der Waals surface area contributed by atoms with E-state index in [0.29, 0.717) is 44.9 Å². The highest BCUT2D eigenvalue weighted by molar-refractivity contribution is 6.21. The second-order valence-corrected chi connectivity index (χ2v) is 11.9. The average molecular weight is 523 g/mol. The van der Waals surface area contributed by atoms with Gasteiger partial charge in [-0.3, -0.25) is 9.59 Å². The van der Waals surface area contributed by atoms with Crippen molar-refractivity contribution in [2.24, 2.45) is 0 Å². The average Bonchev–Trinajstić information content (AvgIpc) is 2.81. The highest BCUT2D eigenvalue weighted by atomic mass is 35.5. The Labute approximate surface area is 210 Å². The molecule has 0 saturated heterocycles. The molecule has 3 N–H and O–H groups in total. The minimum absolute atomic E-state index is 0.0172. The highest BCUT2D eigenvalue weighted by Gasteiger charge is 2.55. The number of halogens is 3. The summed E-state index contributed by atoms with van der Waals surface area (Å²) in [7, 11) is 0. The van der Waals surface area contributed by atoms with Crippen LogP contribution in [0.3, 0.4) is 0 Å². The Hall–Kier alpha value is -0.670. The van der Waals surface area contributed by atoms with Gasteiger partial charge >= 0.3 is 0 Å². The Balaban J connectivity index is 1.20. The van der Waals surface area contributed by atoms with Gasteiger partial charge in [0.15, 0.2) is 0 Å². The zero-order valence-electron chi connectivity index (χ0n) is 19.6. The highest BCUT2D eigenvalue weighted by Crippen LogP contribution is 2.47. The van der Waals surface area contributed by atoms with E-state index in [2.05, 4.69) is 10.6 Å². The van der Waals surface area contributed by atoms with Crippen LogP contribution in [0.5, 0.6) is 0 Å². The second kappa shape index (κ2) is 11.2. The molecule has 0 heterocycles. The van der Waals surface area contributed by atoms with Crippen LogP contribution in [0.1, 0.15) is 77.0 Å². The van der Waals surface area contributed by atoms with Crippen molar-refractivity contribution >= 4 is 35.0 Å². The van der Waals surface area contributed by atoms with Crippen molar-refractivity contribution in [3.63, 3.8) is 0 Å². The lowest BCUT2D eigenvalue weighted by Gasteiger charge is -2.56. The third-order valence-electron chi connectivity index (χ3n) is 8.26. The molecule has 0 aromatic carbocycles. The molecule has 194 valence electrons. The van der Waals surface area contributed by atoms with Crippen molar-refractivity contribution in [1.82, 2.24) is 10.6 Å². The van der Waals surface area contributed by atoms with Gasteiger partial charge in [0.2, 0.25) is 11.8 Å². The van der Waals surface area contributed by atoms with Crippen molar-refractivity contribution in [2.75, 3.05) is 13.2 Å². The van der Waals surface area contributed by atoms with Crippen LogP contribution in [-0.2, 0) is 19.1 Å². The molecule has 0 spiro atoms. The number of aliphatic hydroxyl groups excluding tert-OH is 1. The molecule has 0 radical (unpaired) electrons. The fourth-order valence-electron chi connectivity index (χ4n) is 6.08. The van der Waals surface area contributed by atoms with E-state index in [-0.39, 0.29) is 49.0 Å². The number of aliphatic hydroxyl groups is 1. The minimum atomic E-state index is -1.11. The molecule has 5 fully saturated rings. The Morgan fingerprint density at radius 1 is 0.882 bits per heavy atom. The number of amides is 2. The van der Waals surface area contributed by atoms with Crippen molar-refractivity contribution in [3.05, 3.63) is 0 Å². The van der Waals surface area contributed by atoms with Crippen molar-refractivity contribution in [3.8, 4) is 0 Å². The maximum Gasteiger partial charge on any atom is 0.246 e. The van der Waals surface area contributed by atoms with Crippen LogP contribution in [-0.4, -0.2) is 76.5 Å². The van der Waals surface area contributed by atoms with Gasteiger partial charge in [-0.15, -0.1) is 23.2 Å². The fraction of sp³-hybridized carbons (Fsp3) is 0.917. The molecule has 34 heavy (non-hydrogen) atoms. The monoisotopic (exact) mass is 522 g/mol. The van der Waals surface area contributed by atoms with E-state index in [1.165, 1.54) is 0 Å². The molecule has 0 aromatic heterocycles. The number of carbonyl (C=O) groups excluding carboxylic acids is 2. The van der Waals surface area contributed by atoms with E-state index in [1.807, 2.05) is 0 Å². The second-order valence-electron chi connectivity index (χ2n) is 10.7. The van der Waals surface area contributed by atoms with E-state index in [9.17, 15) is 19.1 Å². The summed E-state index contributed by atoms with van der Waals surface area (Å²) in [6, 6.07) is 0. The van der Waals surface area contributed by atoms with Crippen molar-refractivity contribution in [2.45, 2.75) is 123 Å². The molecule has 7 nitrogen and oxygen atoms in total. The van der Waals surface area contributed by atoms with Crippen LogP contribution < -0.4 is 10.6 Å². The number of nitrogens with one attached hydrogen (secondary N) is 2. The van der Waals surface area contributed by atoms with Gasteiger partial charge in [0.05, 0.1) is 29.2 Å². The summed E-state index contributed by atoms with van der Waals surface area (Å²) in [5.41, 5.74) is -1.17. The predicted molar refractivity (Wildman–Crippen MR) is 127 cm³/mol. The smallest absolute Gasteiger partial charge is 0.246 e. The van der Waals surface area contributed by atoms with Crippen LogP contribution in [0.4, 0.5) is 4.39 Å². The molecule has 0 aromatic rings. The quantitative estimate of drug-likeness (QED) is 0.425. The summed E-state index contributed by atoms with van der Waals surface area (Å²) < 4.78 is 25.2. The Morgan fingerprint density at radius 2 is 1.47 bits per heavy atom. The normalized spacial score (nSPS) is 42.2. The molecule has 5 saturated carbocycles. The van der Waals surface area contributed by atoms with Crippen LogP contribution in [0.25, 0.3) is 0 Å². The van der Waals surface area contributed by atoms with Crippen LogP contribution >= 0.6 is 23.2 Å². The van der Waals surface area contributed by atoms with E-state index < -0.39 is 28.7 Å².